The topological polar surface area (TPSA) is 83.8 Å². The van der Waals surface area contributed by atoms with Gasteiger partial charge in [-0.05, 0) is 36.3 Å². The summed E-state index contributed by atoms with van der Waals surface area (Å²) >= 11 is 0. The summed E-state index contributed by atoms with van der Waals surface area (Å²) in [7, 11) is 0. The number of carboxylic acids is 2. The number of benzene rings is 2. The highest BCUT2D eigenvalue weighted by atomic mass is 16.5. The quantitative estimate of drug-likeness (QED) is 0.493. The second-order valence-electron chi connectivity index (χ2n) is 6.03. The van der Waals surface area contributed by atoms with Crippen LogP contribution in [0.2, 0.25) is 0 Å². The average Bonchev–Trinajstić information content (AvgIpc) is 2.70. The van der Waals surface area contributed by atoms with Crippen molar-refractivity contribution in [3.63, 3.8) is 0 Å². The average molecular weight is 378 g/mol. The van der Waals surface area contributed by atoms with E-state index in [2.05, 4.69) is 0 Å². The predicted molar refractivity (Wildman–Crippen MR) is 108 cm³/mol. The fraction of sp³-hybridized carbons (Fsp3) is 0.130. The summed E-state index contributed by atoms with van der Waals surface area (Å²) in [6.45, 7) is 1.62. The fourth-order valence-electron chi connectivity index (χ4n) is 2.43. The van der Waals surface area contributed by atoms with Crippen LogP contribution in [0.25, 0.3) is 6.08 Å². The van der Waals surface area contributed by atoms with Gasteiger partial charge in [-0.25, -0.2) is 9.59 Å². The van der Waals surface area contributed by atoms with Gasteiger partial charge in [-0.2, -0.15) is 0 Å². The second kappa shape index (κ2) is 10.5. The van der Waals surface area contributed by atoms with Crippen molar-refractivity contribution in [1.82, 2.24) is 0 Å². The lowest BCUT2D eigenvalue weighted by Crippen LogP contribution is -2.07. The van der Waals surface area contributed by atoms with Gasteiger partial charge in [0, 0.05) is 12.0 Å². The van der Waals surface area contributed by atoms with Crippen LogP contribution in [0, 0.1) is 0 Å². The minimum absolute atomic E-state index is 0.0491. The molecule has 0 bridgehead atoms. The van der Waals surface area contributed by atoms with Crippen LogP contribution in [0.4, 0.5) is 0 Å². The third-order valence-corrected chi connectivity index (χ3v) is 3.93. The number of carbonyl (C=O) groups is 2. The van der Waals surface area contributed by atoms with E-state index in [9.17, 15) is 14.7 Å². The number of carboxylic acid groups (broad SMARTS) is 2. The van der Waals surface area contributed by atoms with Crippen molar-refractivity contribution in [2.75, 3.05) is 6.61 Å². The molecule has 0 saturated heterocycles. The standard InChI is InChI=1S/C23H22O5/c1-17(22(24)25)16-21(23(26)27)19(13-12-18-8-4-2-5-9-18)14-15-28-20-10-6-3-7-11-20/h2-13,16H,14-15H2,1H3,(H,24,25)(H,26,27). The van der Waals surface area contributed by atoms with E-state index in [1.54, 1.807) is 12.2 Å². The Hall–Kier alpha value is -3.60. The first kappa shape index (κ1) is 20.7. The van der Waals surface area contributed by atoms with E-state index >= 15 is 0 Å². The number of allylic oxidation sites excluding steroid dienone is 1. The first-order valence-corrected chi connectivity index (χ1v) is 8.76. The molecule has 2 aromatic rings. The van der Waals surface area contributed by atoms with E-state index in [1.165, 1.54) is 13.0 Å². The van der Waals surface area contributed by atoms with E-state index in [-0.39, 0.29) is 17.8 Å². The van der Waals surface area contributed by atoms with Crippen LogP contribution in [0.3, 0.4) is 0 Å². The number of rotatable bonds is 9. The summed E-state index contributed by atoms with van der Waals surface area (Å²) in [5.41, 5.74) is 1.27. The maximum absolute atomic E-state index is 11.8. The summed E-state index contributed by atoms with van der Waals surface area (Å²) in [5, 5.41) is 18.7. The van der Waals surface area contributed by atoms with Crippen LogP contribution >= 0.6 is 0 Å². The number of hydrogen-bond donors (Lipinski definition) is 2. The molecule has 5 heteroatoms. The minimum Gasteiger partial charge on any atom is -0.493 e. The normalized spacial score (nSPS) is 12.5. The molecular weight excluding hydrogens is 356 g/mol. The highest BCUT2D eigenvalue weighted by Gasteiger charge is 2.13. The summed E-state index contributed by atoms with van der Waals surface area (Å²) in [4.78, 5) is 22.9. The molecule has 2 rings (SSSR count). The van der Waals surface area contributed by atoms with Crippen LogP contribution in [0.15, 0.2) is 89.5 Å². The number of aliphatic carboxylic acids is 2. The maximum atomic E-state index is 11.8. The van der Waals surface area contributed by atoms with Gasteiger partial charge in [0.2, 0.25) is 0 Å². The van der Waals surface area contributed by atoms with Crippen molar-refractivity contribution < 1.29 is 24.5 Å². The van der Waals surface area contributed by atoms with Crippen LogP contribution in [-0.4, -0.2) is 28.8 Å². The number of hydrogen-bond acceptors (Lipinski definition) is 3. The molecule has 0 saturated carbocycles. The van der Waals surface area contributed by atoms with Crippen molar-refractivity contribution in [2.24, 2.45) is 0 Å². The Morgan fingerprint density at radius 2 is 1.54 bits per heavy atom. The third-order valence-electron chi connectivity index (χ3n) is 3.93. The first-order valence-electron chi connectivity index (χ1n) is 8.76. The Morgan fingerprint density at radius 1 is 0.929 bits per heavy atom. The monoisotopic (exact) mass is 378 g/mol. The molecule has 2 N–H and O–H groups in total. The van der Waals surface area contributed by atoms with Crippen molar-refractivity contribution >= 4 is 18.0 Å². The van der Waals surface area contributed by atoms with Gasteiger partial charge < -0.3 is 14.9 Å². The lowest BCUT2D eigenvalue weighted by atomic mass is 10.0. The molecule has 0 radical (unpaired) electrons. The SMILES string of the molecule is CC(=CC(C(=O)O)=C(C=Cc1ccccc1)CCOc1ccccc1)C(=O)O. The second-order valence-corrected chi connectivity index (χ2v) is 6.03. The van der Waals surface area contributed by atoms with Gasteiger partial charge in [0.1, 0.15) is 5.75 Å². The summed E-state index contributed by atoms with van der Waals surface area (Å²) in [6.07, 6.45) is 4.98. The molecule has 5 nitrogen and oxygen atoms in total. The van der Waals surface area contributed by atoms with Gasteiger partial charge >= 0.3 is 11.9 Å². The van der Waals surface area contributed by atoms with E-state index in [1.807, 2.05) is 60.7 Å². The molecule has 0 aromatic heterocycles. The Bertz CT molecular complexity index is 893. The zero-order chi connectivity index (χ0) is 20.4. The summed E-state index contributed by atoms with van der Waals surface area (Å²) in [5.74, 6) is -1.67. The molecule has 144 valence electrons. The Kier molecular flexibility index (Phi) is 7.78. The molecular formula is C23H22O5. The van der Waals surface area contributed by atoms with Gasteiger partial charge in [0.15, 0.2) is 0 Å². The minimum atomic E-state index is -1.19. The molecule has 0 aliphatic heterocycles. The Labute approximate surface area is 163 Å². The summed E-state index contributed by atoms with van der Waals surface area (Å²) < 4.78 is 5.67. The van der Waals surface area contributed by atoms with Crippen molar-refractivity contribution in [3.05, 3.63) is 95.1 Å². The van der Waals surface area contributed by atoms with Gasteiger partial charge in [-0.15, -0.1) is 0 Å². The highest BCUT2D eigenvalue weighted by molar-refractivity contribution is 5.95. The van der Waals surface area contributed by atoms with E-state index in [0.29, 0.717) is 17.7 Å². The van der Waals surface area contributed by atoms with E-state index in [0.717, 1.165) is 5.56 Å². The molecule has 2 aromatic carbocycles. The third kappa shape index (κ3) is 6.61. The molecule has 0 amide bonds. The molecule has 0 heterocycles. The molecule has 0 aliphatic carbocycles. The Morgan fingerprint density at radius 3 is 2.11 bits per heavy atom. The van der Waals surface area contributed by atoms with Gasteiger partial charge in [-0.1, -0.05) is 60.7 Å². The maximum Gasteiger partial charge on any atom is 0.335 e. The van der Waals surface area contributed by atoms with Crippen LogP contribution in [0.5, 0.6) is 5.75 Å². The van der Waals surface area contributed by atoms with Crippen LogP contribution in [-0.2, 0) is 9.59 Å². The lowest BCUT2D eigenvalue weighted by Gasteiger charge is -2.09. The molecule has 0 spiro atoms. The van der Waals surface area contributed by atoms with Gasteiger partial charge in [-0.3, -0.25) is 0 Å². The fourth-order valence-corrected chi connectivity index (χ4v) is 2.43. The molecule has 0 fully saturated rings. The molecule has 0 unspecified atom stereocenters. The highest BCUT2D eigenvalue weighted by Crippen LogP contribution is 2.18. The number of para-hydroxylation sites is 1. The predicted octanol–water partition coefficient (Wildman–Crippen LogP) is 4.58. The first-order chi connectivity index (χ1) is 13.5. The summed E-state index contributed by atoms with van der Waals surface area (Å²) in [6, 6.07) is 18.7. The van der Waals surface area contributed by atoms with Crippen LogP contribution in [0.1, 0.15) is 18.9 Å². The van der Waals surface area contributed by atoms with E-state index < -0.39 is 11.9 Å². The molecule has 0 atom stereocenters. The lowest BCUT2D eigenvalue weighted by molar-refractivity contribution is -0.132. The van der Waals surface area contributed by atoms with Gasteiger partial charge in [0.05, 0.1) is 12.2 Å². The largest absolute Gasteiger partial charge is 0.493 e. The van der Waals surface area contributed by atoms with E-state index in [4.69, 9.17) is 9.84 Å². The van der Waals surface area contributed by atoms with Crippen molar-refractivity contribution in [1.29, 1.82) is 0 Å². The molecule has 0 aliphatic rings. The van der Waals surface area contributed by atoms with Crippen LogP contribution < -0.4 is 4.74 Å². The number of ether oxygens (including phenoxy) is 1. The van der Waals surface area contributed by atoms with Gasteiger partial charge in [0.25, 0.3) is 0 Å². The Balaban J connectivity index is 2.32. The zero-order valence-corrected chi connectivity index (χ0v) is 15.5. The van der Waals surface area contributed by atoms with Crippen molar-refractivity contribution in [3.8, 4) is 5.75 Å². The smallest absolute Gasteiger partial charge is 0.335 e. The zero-order valence-electron chi connectivity index (χ0n) is 15.5. The van der Waals surface area contributed by atoms with Crippen molar-refractivity contribution in [2.45, 2.75) is 13.3 Å². The molecule has 28 heavy (non-hydrogen) atoms.